The molecule has 5 nitrogen and oxygen atoms in total. The number of nitrogens with zero attached hydrogens (tertiary/aromatic N) is 4. The maximum Gasteiger partial charge on any atom is 0.272 e. The molecule has 2 aliphatic rings. The summed E-state index contributed by atoms with van der Waals surface area (Å²) in [4.78, 5) is 24.0. The standard InChI is InChI=1S/C23H30N4O/c1-18-5-3-7-20(15-18)25-11-13-26(14-12-25)23(28)22-9-8-21(16-24-22)27-10-4-6-19(2)17-27/h3,5,7-9,15-16,19H,4,6,10-14,17H2,1-2H3. The second-order valence-electron chi connectivity index (χ2n) is 8.21. The zero-order chi connectivity index (χ0) is 19.5. The van der Waals surface area contributed by atoms with Gasteiger partial charge in [-0.25, -0.2) is 4.98 Å². The fourth-order valence-corrected chi connectivity index (χ4v) is 4.28. The van der Waals surface area contributed by atoms with Gasteiger partial charge in [0.1, 0.15) is 5.69 Å². The molecule has 1 amide bonds. The molecule has 1 aromatic heterocycles. The summed E-state index contributed by atoms with van der Waals surface area (Å²) in [6.45, 7) is 9.77. The topological polar surface area (TPSA) is 39.7 Å². The Hall–Kier alpha value is -2.56. The third-order valence-electron chi connectivity index (χ3n) is 5.92. The summed E-state index contributed by atoms with van der Waals surface area (Å²) < 4.78 is 0. The first-order valence-electron chi connectivity index (χ1n) is 10.4. The molecule has 2 saturated heterocycles. The fraction of sp³-hybridized carbons (Fsp3) is 0.478. The van der Waals surface area contributed by atoms with E-state index >= 15 is 0 Å². The monoisotopic (exact) mass is 378 g/mol. The Morgan fingerprint density at radius 3 is 2.50 bits per heavy atom. The Morgan fingerprint density at radius 1 is 1.00 bits per heavy atom. The molecule has 4 rings (SSSR count). The Morgan fingerprint density at radius 2 is 1.82 bits per heavy atom. The van der Waals surface area contributed by atoms with E-state index in [1.807, 2.05) is 17.2 Å². The number of piperidine rings is 1. The summed E-state index contributed by atoms with van der Waals surface area (Å²) in [6, 6.07) is 12.5. The Kier molecular flexibility index (Phi) is 5.51. The van der Waals surface area contributed by atoms with Gasteiger partial charge in [-0.15, -0.1) is 0 Å². The average molecular weight is 379 g/mol. The van der Waals surface area contributed by atoms with Crippen molar-refractivity contribution in [1.82, 2.24) is 9.88 Å². The molecular weight excluding hydrogens is 348 g/mol. The molecule has 1 unspecified atom stereocenters. The van der Waals surface area contributed by atoms with Crippen LogP contribution in [0.5, 0.6) is 0 Å². The van der Waals surface area contributed by atoms with Crippen LogP contribution in [0.25, 0.3) is 0 Å². The number of hydrogen-bond acceptors (Lipinski definition) is 4. The van der Waals surface area contributed by atoms with Crippen molar-refractivity contribution in [3.63, 3.8) is 0 Å². The van der Waals surface area contributed by atoms with Crippen LogP contribution in [0.4, 0.5) is 11.4 Å². The lowest BCUT2D eigenvalue weighted by molar-refractivity contribution is 0.0741. The minimum absolute atomic E-state index is 0.0439. The number of carbonyl (C=O) groups is 1. The van der Waals surface area contributed by atoms with Crippen LogP contribution in [0.2, 0.25) is 0 Å². The molecule has 2 aromatic rings. The van der Waals surface area contributed by atoms with Crippen molar-refractivity contribution in [2.75, 3.05) is 49.1 Å². The van der Waals surface area contributed by atoms with Gasteiger partial charge in [-0.1, -0.05) is 19.1 Å². The first kappa shape index (κ1) is 18.8. The molecule has 0 saturated carbocycles. The summed E-state index contributed by atoms with van der Waals surface area (Å²) in [5.74, 6) is 0.766. The lowest BCUT2D eigenvalue weighted by Crippen LogP contribution is -2.49. The predicted octanol–water partition coefficient (Wildman–Crippen LogP) is 3.59. The average Bonchev–Trinajstić information content (AvgIpc) is 2.73. The molecule has 1 atom stereocenters. The highest BCUT2D eigenvalue weighted by Crippen LogP contribution is 2.23. The minimum Gasteiger partial charge on any atom is -0.370 e. The quantitative estimate of drug-likeness (QED) is 0.818. The van der Waals surface area contributed by atoms with Crippen LogP contribution in [0, 0.1) is 12.8 Å². The number of carbonyl (C=O) groups excluding carboxylic acids is 1. The Balaban J connectivity index is 1.36. The zero-order valence-electron chi connectivity index (χ0n) is 17.0. The predicted molar refractivity (Wildman–Crippen MR) is 114 cm³/mol. The number of benzene rings is 1. The molecule has 2 aliphatic heterocycles. The number of aromatic nitrogens is 1. The number of anilines is 2. The maximum atomic E-state index is 12.9. The van der Waals surface area contributed by atoms with Gasteiger partial charge in [-0.2, -0.15) is 0 Å². The van der Waals surface area contributed by atoms with Crippen LogP contribution < -0.4 is 9.80 Å². The summed E-state index contributed by atoms with van der Waals surface area (Å²) in [7, 11) is 0. The first-order valence-corrected chi connectivity index (χ1v) is 10.4. The molecule has 1 aromatic carbocycles. The van der Waals surface area contributed by atoms with Gasteiger partial charge >= 0.3 is 0 Å². The van der Waals surface area contributed by atoms with E-state index in [0.29, 0.717) is 5.69 Å². The summed E-state index contributed by atoms with van der Waals surface area (Å²) >= 11 is 0. The normalized spacial score (nSPS) is 20.4. The number of amides is 1. The molecule has 0 bridgehead atoms. The van der Waals surface area contributed by atoms with Crippen molar-refractivity contribution in [2.24, 2.45) is 5.92 Å². The van der Waals surface area contributed by atoms with Gasteiger partial charge in [-0.3, -0.25) is 4.79 Å². The molecule has 0 aliphatic carbocycles. The zero-order valence-corrected chi connectivity index (χ0v) is 17.0. The highest BCUT2D eigenvalue weighted by atomic mass is 16.2. The van der Waals surface area contributed by atoms with Crippen molar-refractivity contribution < 1.29 is 4.79 Å². The van der Waals surface area contributed by atoms with Crippen LogP contribution in [-0.2, 0) is 0 Å². The third kappa shape index (κ3) is 4.13. The van der Waals surface area contributed by atoms with Crippen LogP contribution in [-0.4, -0.2) is 55.1 Å². The van der Waals surface area contributed by atoms with Crippen molar-refractivity contribution in [1.29, 1.82) is 0 Å². The smallest absolute Gasteiger partial charge is 0.272 e. The van der Waals surface area contributed by atoms with Gasteiger partial charge in [0.2, 0.25) is 0 Å². The van der Waals surface area contributed by atoms with Crippen LogP contribution in [0.1, 0.15) is 35.8 Å². The van der Waals surface area contributed by atoms with Crippen molar-refractivity contribution in [3.05, 3.63) is 53.9 Å². The van der Waals surface area contributed by atoms with E-state index in [1.54, 1.807) is 0 Å². The lowest BCUT2D eigenvalue weighted by atomic mass is 10.00. The molecule has 0 radical (unpaired) electrons. The lowest BCUT2D eigenvalue weighted by Gasteiger charge is -2.36. The van der Waals surface area contributed by atoms with Crippen molar-refractivity contribution >= 4 is 17.3 Å². The second-order valence-corrected chi connectivity index (χ2v) is 8.21. The molecule has 148 valence electrons. The number of hydrogen-bond donors (Lipinski definition) is 0. The summed E-state index contributed by atoms with van der Waals surface area (Å²) in [5.41, 5.74) is 4.19. The van der Waals surface area contributed by atoms with E-state index in [9.17, 15) is 4.79 Å². The van der Waals surface area contributed by atoms with E-state index in [1.165, 1.54) is 24.1 Å². The Labute approximate surface area is 168 Å². The molecule has 0 spiro atoms. The highest BCUT2D eigenvalue weighted by Gasteiger charge is 2.24. The third-order valence-corrected chi connectivity index (χ3v) is 5.92. The largest absolute Gasteiger partial charge is 0.370 e. The second kappa shape index (κ2) is 8.21. The number of piperazine rings is 1. The van der Waals surface area contributed by atoms with Crippen LogP contribution in [0.15, 0.2) is 42.6 Å². The molecule has 3 heterocycles. The van der Waals surface area contributed by atoms with Gasteiger partial charge in [0.15, 0.2) is 0 Å². The van der Waals surface area contributed by atoms with Crippen LogP contribution in [0.3, 0.4) is 0 Å². The van der Waals surface area contributed by atoms with Gasteiger partial charge < -0.3 is 14.7 Å². The maximum absolute atomic E-state index is 12.9. The van der Waals surface area contributed by atoms with E-state index in [0.717, 1.165) is 50.9 Å². The Bertz CT molecular complexity index is 812. The van der Waals surface area contributed by atoms with Gasteiger partial charge in [0.25, 0.3) is 5.91 Å². The summed E-state index contributed by atoms with van der Waals surface area (Å²) in [5, 5.41) is 0. The molecule has 5 heteroatoms. The van der Waals surface area contributed by atoms with E-state index in [4.69, 9.17) is 0 Å². The van der Waals surface area contributed by atoms with Gasteiger partial charge in [0.05, 0.1) is 11.9 Å². The van der Waals surface area contributed by atoms with Crippen LogP contribution >= 0.6 is 0 Å². The number of rotatable bonds is 3. The van der Waals surface area contributed by atoms with Crippen molar-refractivity contribution in [3.8, 4) is 0 Å². The van der Waals surface area contributed by atoms with E-state index in [2.05, 4.69) is 59.0 Å². The molecular formula is C23H30N4O. The molecule has 28 heavy (non-hydrogen) atoms. The molecule has 0 N–H and O–H groups in total. The highest BCUT2D eigenvalue weighted by molar-refractivity contribution is 5.92. The van der Waals surface area contributed by atoms with Gasteiger partial charge in [-0.05, 0) is 55.5 Å². The first-order chi connectivity index (χ1) is 13.6. The SMILES string of the molecule is Cc1cccc(N2CCN(C(=O)c3ccc(N4CCCC(C)C4)cn3)CC2)c1. The minimum atomic E-state index is 0.0439. The fourth-order valence-electron chi connectivity index (χ4n) is 4.28. The van der Waals surface area contributed by atoms with E-state index in [-0.39, 0.29) is 5.91 Å². The summed E-state index contributed by atoms with van der Waals surface area (Å²) in [6.07, 6.45) is 4.40. The molecule has 2 fully saturated rings. The van der Waals surface area contributed by atoms with Gasteiger partial charge in [0, 0.05) is 45.0 Å². The van der Waals surface area contributed by atoms with E-state index < -0.39 is 0 Å². The van der Waals surface area contributed by atoms with Crippen molar-refractivity contribution in [2.45, 2.75) is 26.7 Å². The number of pyridine rings is 1. The number of aryl methyl sites for hydroxylation is 1.